The smallest absolute Gasteiger partial charge is 0.263 e. The molecular formula is C11H8ClIN2O2S. The molecule has 94 valence electrons. The van der Waals surface area contributed by atoms with Gasteiger partial charge in [-0.25, -0.2) is 13.4 Å². The largest absolute Gasteiger partial charge is 0.279 e. The second kappa shape index (κ2) is 5.41. The topological polar surface area (TPSA) is 59.1 Å². The Morgan fingerprint density at radius 1 is 1.17 bits per heavy atom. The van der Waals surface area contributed by atoms with Crippen molar-refractivity contribution < 1.29 is 8.42 Å². The molecule has 0 aliphatic carbocycles. The van der Waals surface area contributed by atoms with Crippen LogP contribution < -0.4 is 4.72 Å². The maximum atomic E-state index is 12.1. The molecule has 0 saturated carbocycles. The molecule has 0 aliphatic heterocycles. The van der Waals surface area contributed by atoms with Gasteiger partial charge in [0.2, 0.25) is 0 Å². The van der Waals surface area contributed by atoms with E-state index >= 15 is 0 Å². The van der Waals surface area contributed by atoms with Crippen molar-refractivity contribution >= 4 is 49.9 Å². The summed E-state index contributed by atoms with van der Waals surface area (Å²) in [4.78, 5) is 3.83. The normalized spacial score (nSPS) is 11.2. The Labute approximate surface area is 124 Å². The molecule has 7 heteroatoms. The van der Waals surface area contributed by atoms with Gasteiger partial charge in [-0.15, -0.1) is 0 Å². The summed E-state index contributed by atoms with van der Waals surface area (Å²) in [7, 11) is -3.63. The maximum Gasteiger partial charge on any atom is 0.263 e. The van der Waals surface area contributed by atoms with Crippen LogP contribution in [-0.4, -0.2) is 13.4 Å². The van der Waals surface area contributed by atoms with Gasteiger partial charge < -0.3 is 0 Å². The van der Waals surface area contributed by atoms with E-state index < -0.39 is 10.0 Å². The highest BCUT2D eigenvalue weighted by Gasteiger charge is 2.15. The van der Waals surface area contributed by atoms with E-state index in [1.54, 1.807) is 12.1 Å². The van der Waals surface area contributed by atoms with Crippen molar-refractivity contribution in [2.45, 2.75) is 4.90 Å². The standard InChI is InChI=1S/C11H8ClIN2O2S/c12-11-6-5-8(7-14-11)18(16,17)15-10-4-2-1-3-9(10)13/h1-7,15H. The van der Waals surface area contributed by atoms with Crippen LogP contribution in [0.1, 0.15) is 0 Å². The van der Waals surface area contributed by atoms with Crippen LogP contribution in [0.3, 0.4) is 0 Å². The number of para-hydroxylation sites is 1. The van der Waals surface area contributed by atoms with Gasteiger partial charge in [-0.2, -0.15) is 0 Å². The Hall–Kier alpha value is -0.860. The molecule has 1 aromatic carbocycles. The van der Waals surface area contributed by atoms with Crippen LogP contribution in [0, 0.1) is 3.57 Å². The zero-order chi connectivity index (χ0) is 13.2. The zero-order valence-corrected chi connectivity index (χ0v) is 12.7. The van der Waals surface area contributed by atoms with Crippen molar-refractivity contribution in [1.82, 2.24) is 4.98 Å². The summed E-state index contributed by atoms with van der Waals surface area (Å²) >= 11 is 7.68. The van der Waals surface area contributed by atoms with Crippen LogP contribution in [0.2, 0.25) is 5.15 Å². The summed E-state index contributed by atoms with van der Waals surface area (Å²) in [6.45, 7) is 0. The summed E-state index contributed by atoms with van der Waals surface area (Å²) in [6.07, 6.45) is 1.22. The number of hydrogen-bond donors (Lipinski definition) is 1. The molecule has 0 bridgehead atoms. The Kier molecular flexibility index (Phi) is 4.08. The highest BCUT2D eigenvalue weighted by atomic mass is 127. The van der Waals surface area contributed by atoms with Crippen LogP contribution in [0.25, 0.3) is 0 Å². The van der Waals surface area contributed by atoms with Gasteiger partial charge in [-0.1, -0.05) is 23.7 Å². The van der Waals surface area contributed by atoms with Gasteiger partial charge in [0.05, 0.1) is 5.69 Å². The lowest BCUT2D eigenvalue weighted by molar-refractivity contribution is 0.601. The first-order chi connectivity index (χ1) is 8.49. The van der Waals surface area contributed by atoms with Gasteiger partial charge in [-0.3, -0.25) is 4.72 Å². The second-order valence-electron chi connectivity index (χ2n) is 3.40. The van der Waals surface area contributed by atoms with E-state index in [0.29, 0.717) is 5.69 Å². The third-order valence-corrected chi connectivity index (χ3v) is 4.64. The number of aromatic nitrogens is 1. The molecule has 2 aromatic rings. The number of benzene rings is 1. The van der Waals surface area contributed by atoms with Gasteiger partial charge in [0.15, 0.2) is 0 Å². The third kappa shape index (κ3) is 3.12. The summed E-state index contributed by atoms with van der Waals surface area (Å²) in [6, 6.07) is 9.96. The van der Waals surface area contributed by atoms with E-state index in [4.69, 9.17) is 11.6 Å². The minimum absolute atomic E-state index is 0.0755. The number of halogens is 2. The number of pyridine rings is 1. The first kappa shape index (κ1) is 13.6. The lowest BCUT2D eigenvalue weighted by Gasteiger charge is -2.09. The molecule has 1 aromatic heterocycles. The Balaban J connectivity index is 2.33. The lowest BCUT2D eigenvalue weighted by atomic mass is 10.3. The quantitative estimate of drug-likeness (QED) is 0.643. The number of nitrogens with zero attached hydrogens (tertiary/aromatic N) is 1. The fraction of sp³-hybridized carbons (Fsp3) is 0. The molecule has 1 N–H and O–H groups in total. The number of anilines is 1. The first-order valence-electron chi connectivity index (χ1n) is 4.88. The number of hydrogen-bond acceptors (Lipinski definition) is 3. The van der Waals surface area contributed by atoms with Crippen molar-refractivity contribution in [3.05, 3.63) is 51.3 Å². The molecule has 0 fully saturated rings. The van der Waals surface area contributed by atoms with E-state index in [-0.39, 0.29) is 10.0 Å². The van der Waals surface area contributed by atoms with Crippen molar-refractivity contribution in [3.63, 3.8) is 0 Å². The minimum Gasteiger partial charge on any atom is -0.279 e. The van der Waals surface area contributed by atoms with E-state index in [1.807, 2.05) is 12.1 Å². The van der Waals surface area contributed by atoms with Crippen molar-refractivity contribution in [1.29, 1.82) is 0 Å². The van der Waals surface area contributed by atoms with Gasteiger partial charge in [0.1, 0.15) is 10.0 Å². The molecule has 0 unspecified atom stereocenters. The minimum atomic E-state index is -3.63. The van der Waals surface area contributed by atoms with Crippen LogP contribution in [-0.2, 0) is 10.0 Å². The summed E-state index contributed by atoms with van der Waals surface area (Å²) in [5.41, 5.74) is 0.535. The molecule has 0 radical (unpaired) electrons. The van der Waals surface area contributed by atoms with Crippen LogP contribution in [0.5, 0.6) is 0 Å². The van der Waals surface area contributed by atoms with E-state index in [9.17, 15) is 8.42 Å². The molecule has 0 aliphatic rings. The molecule has 0 atom stereocenters. The molecule has 2 rings (SSSR count). The highest BCUT2D eigenvalue weighted by molar-refractivity contribution is 14.1. The predicted octanol–water partition coefficient (Wildman–Crippen LogP) is 3.14. The third-order valence-electron chi connectivity index (χ3n) is 2.13. The SMILES string of the molecule is O=S(=O)(Nc1ccccc1I)c1ccc(Cl)nc1. The summed E-state index contributed by atoms with van der Waals surface area (Å²) in [5.74, 6) is 0. The summed E-state index contributed by atoms with van der Waals surface area (Å²) < 4.78 is 27.5. The maximum absolute atomic E-state index is 12.1. The van der Waals surface area contributed by atoms with E-state index in [0.717, 1.165) is 3.57 Å². The zero-order valence-electron chi connectivity index (χ0n) is 8.97. The molecule has 4 nitrogen and oxygen atoms in total. The fourth-order valence-electron chi connectivity index (χ4n) is 1.27. The average molecular weight is 395 g/mol. The molecule has 18 heavy (non-hydrogen) atoms. The summed E-state index contributed by atoms with van der Waals surface area (Å²) in [5, 5.41) is 0.253. The van der Waals surface area contributed by atoms with E-state index in [2.05, 4.69) is 32.3 Å². The van der Waals surface area contributed by atoms with Gasteiger partial charge in [0, 0.05) is 9.77 Å². The van der Waals surface area contributed by atoms with Crippen LogP contribution in [0.4, 0.5) is 5.69 Å². The number of sulfonamides is 1. The monoisotopic (exact) mass is 394 g/mol. The van der Waals surface area contributed by atoms with Crippen LogP contribution >= 0.6 is 34.2 Å². The predicted molar refractivity (Wildman–Crippen MR) is 79.2 cm³/mol. The Morgan fingerprint density at radius 2 is 1.89 bits per heavy atom. The Bertz CT molecular complexity index is 659. The van der Waals surface area contributed by atoms with Crippen molar-refractivity contribution in [3.8, 4) is 0 Å². The lowest BCUT2D eigenvalue weighted by Crippen LogP contribution is -2.13. The number of rotatable bonds is 3. The van der Waals surface area contributed by atoms with Gasteiger partial charge in [-0.05, 0) is 46.9 Å². The molecule has 1 heterocycles. The highest BCUT2D eigenvalue weighted by Crippen LogP contribution is 2.21. The van der Waals surface area contributed by atoms with Gasteiger partial charge in [0.25, 0.3) is 10.0 Å². The number of nitrogens with one attached hydrogen (secondary N) is 1. The Morgan fingerprint density at radius 3 is 2.50 bits per heavy atom. The first-order valence-corrected chi connectivity index (χ1v) is 7.82. The molecular weight excluding hydrogens is 387 g/mol. The fourth-order valence-corrected chi connectivity index (χ4v) is 3.11. The van der Waals surface area contributed by atoms with Crippen LogP contribution in [0.15, 0.2) is 47.5 Å². The van der Waals surface area contributed by atoms with E-state index in [1.165, 1.54) is 18.3 Å². The molecule has 0 amide bonds. The molecule has 0 spiro atoms. The van der Waals surface area contributed by atoms with Gasteiger partial charge >= 0.3 is 0 Å². The van der Waals surface area contributed by atoms with Crippen molar-refractivity contribution in [2.75, 3.05) is 4.72 Å². The second-order valence-corrected chi connectivity index (χ2v) is 6.63. The van der Waals surface area contributed by atoms with Crippen molar-refractivity contribution in [2.24, 2.45) is 0 Å². The molecule has 0 saturated heterocycles. The average Bonchev–Trinajstić information content (AvgIpc) is 2.32.